The second kappa shape index (κ2) is 5.05. The molecule has 0 aromatic carbocycles. The molecule has 17 heavy (non-hydrogen) atoms. The second-order valence-corrected chi connectivity index (χ2v) is 5.26. The van der Waals surface area contributed by atoms with E-state index in [-0.39, 0.29) is 18.1 Å². The minimum atomic E-state index is -0.634. The summed E-state index contributed by atoms with van der Waals surface area (Å²) >= 11 is 0. The van der Waals surface area contributed by atoms with Crippen molar-refractivity contribution in [2.24, 2.45) is 0 Å². The molecule has 2 rings (SSSR count). The first kappa shape index (κ1) is 12.4. The zero-order chi connectivity index (χ0) is 12.3. The molecule has 0 bridgehead atoms. The maximum absolute atomic E-state index is 12.0. The quantitative estimate of drug-likeness (QED) is 0.796. The molecule has 0 spiro atoms. The fourth-order valence-corrected chi connectivity index (χ4v) is 2.73. The van der Waals surface area contributed by atoms with Crippen molar-refractivity contribution < 1.29 is 9.53 Å². The molecule has 1 saturated heterocycles. The lowest BCUT2D eigenvalue weighted by atomic mass is 9.82. The van der Waals surface area contributed by atoms with Crippen LogP contribution in [0.25, 0.3) is 0 Å². The number of ether oxygens (including phenoxy) is 1. The number of hydrogen-bond donors (Lipinski definition) is 1. The van der Waals surface area contributed by atoms with Crippen molar-refractivity contribution in [3.05, 3.63) is 0 Å². The third kappa shape index (κ3) is 2.78. The predicted octanol–water partition coefficient (Wildman–Crippen LogP) is 1.90. The van der Waals surface area contributed by atoms with Gasteiger partial charge in [0.2, 0.25) is 5.91 Å². The number of carbonyl (C=O) groups is 1. The first-order valence-corrected chi connectivity index (χ1v) is 6.54. The van der Waals surface area contributed by atoms with Crippen LogP contribution >= 0.6 is 0 Å². The van der Waals surface area contributed by atoms with E-state index < -0.39 is 5.54 Å². The van der Waals surface area contributed by atoms with Crippen LogP contribution in [0.3, 0.4) is 0 Å². The number of nitrogens with zero attached hydrogens (tertiary/aromatic N) is 1. The van der Waals surface area contributed by atoms with Gasteiger partial charge >= 0.3 is 0 Å². The highest BCUT2D eigenvalue weighted by Gasteiger charge is 2.37. The average molecular weight is 236 g/mol. The molecule has 4 nitrogen and oxygen atoms in total. The minimum Gasteiger partial charge on any atom is -0.365 e. The molecule has 4 heteroatoms. The predicted molar refractivity (Wildman–Crippen MR) is 63.1 cm³/mol. The summed E-state index contributed by atoms with van der Waals surface area (Å²) in [7, 11) is 0. The Morgan fingerprint density at radius 2 is 2.06 bits per heavy atom. The minimum absolute atomic E-state index is 0.0993. The van der Waals surface area contributed by atoms with Crippen molar-refractivity contribution in [3.8, 4) is 6.07 Å². The first-order chi connectivity index (χ1) is 8.15. The van der Waals surface area contributed by atoms with E-state index in [2.05, 4.69) is 11.4 Å². The van der Waals surface area contributed by atoms with Gasteiger partial charge in [0, 0.05) is 0 Å². The van der Waals surface area contributed by atoms with Gasteiger partial charge in [-0.05, 0) is 32.6 Å². The summed E-state index contributed by atoms with van der Waals surface area (Å²) in [5.74, 6) is -0.0993. The van der Waals surface area contributed by atoms with Gasteiger partial charge in [-0.15, -0.1) is 0 Å². The SMILES string of the molecule is CC1CCC(C(=O)NC2(C#N)CCCCC2)O1. The molecule has 1 N–H and O–H groups in total. The lowest BCUT2D eigenvalue weighted by Gasteiger charge is -2.32. The molecule has 0 aromatic rings. The van der Waals surface area contributed by atoms with Crippen molar-refractivity contribution in [1.82, 2.24) is 5.32 Å². The molecule has 94 valence electrons. The normalized spacial score (nSPS) is 31.8. The first-order valence-electron chi connectivity index (χ1n) is 6.54. The topological polar surface area (TPSA) is 62.1 Å². The van der Waals surface area contributed by atoms with Crippen molar-refractivity contribution in [3.63, 3.8) is 0 Å². The Labute approximate surface area is 102 Å². The van der Waals surface area contributed by atoms with Crippen molar-refractivity contribution in [1.29, 1.82) is 5.26 Å². The lowest BCUT2D eigenvalue weighted by Crippen LogP contribution is -2.51. The Hall–Kier alpha value is -1.08. The summed E-state index contributed by atoms with van der Waals surface area (Å²) in [5, 5.41) is 12.2. The van der Waals surface area contributed by atoms with Crippen molar-refractivity contribution in [2.45, 2.75) is 69.6 Å². The highest BCUT2D eigenvalue weighted by molar-refractivity contribution is 5.82. The standard InChI is InChI=1S/C13H20N2O2/c1-10-5-6-11(17-10)12(16)15-13(9-14)7-3-2-4-8-13/h10-11H,2-8H2,1H3,(H,15,16). The Morgan fingerprint density at radius 3 is 2.59 bits per heavy atom. The third-order valence-corrected chi connectivity index (χ3v) is 3.81. The number of carbonyl (C=O) groups excluding carboxylic acids is 1. The van der Waals surface area contributed by atoms with Crippen LogP contribution in [0.4, 0.5) is 0 Å². The molecular weight excluding hydrogens is 216 g/mol. The van der Waals surface area contributed by atoms with E-state index in [1.54, 1.807) is 0 Å². The van der Waals surface area contributed by atoms with Crippen LogP contribution < -0.4 is 5.32 Å². The smallest absolute Gasteiger partial charge is 0.250 e. The van der Waals surface area contributed by atoms with E-state index in [0.717, 1.165) is 44.9 Å². The van der Waals surface area contributed by atoms with E-state index >= 15 is 0 Å². The van der Waals surface area contributed by atoms with Crippen LogP contribution in [0.1, 0.15) is 51.9 Å². The van der Waals surface area contributed by atoms with Gasteiger partial charge in [-0.25, -0.2) is 0 Å². The van der Waals surface area contributed by atoms with E-state index in [9.17, 15) is 10.1 Å². The molecule has 1 saturated carbocycles. The van der Waals surface area contributed by atoms with Gasteiger partial charge < -0.3 is 10.1 Å². The van der Waals surface area contributed by atoms with Gasteiger partial charge in [0.25, 0.3) is 0 Å². The van der Waals surface area contributed by atoms with Gasteiger partial charge in [0.05, 0.1) is 12.2 Å². The molecule has 1 aliphatic carbocycles. The maximum atomic E-state index is 12.0. The molecule has 2 aliphatic rings. The molecule has 1 heterocycles. The highest BCUT2D eigenvalue weighted by atomic mass is 16.5. The molecule has 1 amide bonds. The summed E-state index contributed by atoms with van der Waals surface area (Å²) in [5.41, 5.74) is -0.634. The number of rotatable bonds is 2. The van der Waals surface area contributed by atoms with E-state index in [1.807, 2.05) is 6.92 Å². The third-order valence-electron chi connectivity index (χ3n) is 3.81. The van der Waals surface area contributed by atoms with Gasteiger partial charge in [0.15, 0.2) is 0 Å². The maximum Gasteiger partial charge on any atom is 0.250 e. The van der Waals surface area contributed by atoms with Crippen LogP contribution in [-0.2, 0) is 9.53 Å². The van der Waals surface area contributed by atoms with Crippen molar-refractivity contribution in [2.75, 3.05) is 0 Å². The molecule has 2 atom stereocenters. The zero-order valence-electron chi connectivity index (χ0n) is 10.4. The Bertz CT molecular complexity index is 329. The Morgan fingerprint density at radius 1 is 1.35 bits per heavy atom. The average Bonchev–Trinajstić information content (AvgIpc) is 2.77. The summed E-state index contributed by atoms with van der Waals surface area (Å²) in [4.78, 5) is 12.0. The van der Waals surface area contributed by atoms with Crippen LogP contribution in [0, 0.1) is 11.3 Å². The van der Waals surface area contributed by atoms with Crippen LogP contribution in [-0.4, -0.2) is 23.7 Å². The van der Waals surface area contributed by atoms with Crippen molar-refractivity contribution >= 4 is 5.91 Å². The van der Waals surface area contributed by atoms with E-state index in [0.29, 0.717) is 0 Å². The monoisotopic (exact) mass is 236 g/mol. The molecule has 0 radical (unpaired) electrons. The van der Waals surface area contributed by atoms with Crippen LogP contribution in [0.15, 0.2) is 0 Å². The molecular formula is C13H20N2O2. The lowest BCUT2D eigenvalue weighted by molar-refractivity contribution is -0.133. The largest absolute Gasteiger partial charge is 0.365 e. The Kier molecular flexibility index (Phi) is 3.68. The molecule has 1 aliphatic heterocycles. The zero-order valence-corrected chi connectivity index (χ0v) is 10.4. The molecule has 2 unspecified atom stereocenters. The summed E-state index contributed by atoms with van der Waals surface area (Å²) in [6.45, 7) is 1.98. The summed E-state index contributed by atoms with van der Waals surface area (Å²) in [6, 6.07) is 2.30. The Balaban J connectivity index is 1.94. The van der Waals surface area contributed by atoms with Gasteiger partial charge in [-0.3, -0.25) is 4.79 Å². The van der Waals surface area contributed by atoms with Crippen LogP contribution in [0.2, 0.25) is 0 Å². The number of hydrogen-bond acceptors (Lipinski definition) is 3. The molecule has 2 fully saturated rings. The second-order valence-electron chi connectivity index (χ2n) is 5.26. The number of amides is 1. The van der Waals surface area contributed by atoms with Gasteiger partial charge in [-0.2, -0.15) is 5.26 Å². The van der Waals surface area contributed by atoms with Gasteiger partial charge in [-0.1, -0.05) is 19.3 Å². The summed E-state index contributed by atoms with van der Waals surface area (Å²) in [6.07, 6.45) is 6.27. The number of nitriles is 1. The fourth-order valence-electron chi connectivity index (χ4n) is 2.73. The van der Waals surface area contributed by atoms with Gasteiger partial charge in [0.1, 0.15) is 11.6 Å². The number of nitrogens with one attached hydrogen (secondary N) is 1. The molecule has 0 aromatic heterocycles. The fraction of sp³-hybridized carbons (Fsp3) is 0.846. The van der Waals surface area contributed by atoms with Crippen LogP contribution in [0.5, 0.6) is 0 Å². The summed E-state index contributed by atoms with van der Waals surface area (Å²) < 4.78 is 5.53. The van der Waals surface area contributed by atoms with E-state index in [1.165, 1.54) is 0 Å². The van der Waals surface area contributed by atoms with E-state index in [4.69, 9.17) is 4.74 Å². The highest BCUT2D eigenvalue weighted by Crippen LogP contribution is 2.28.